The topological polar surface area (TPSA) is 53.4 Å². The van der Waals surface area contributed by atoms with Crippen LogP contribution < -0.4 is 0 Å². The van der Waals surface area contributed by atoms with Gasteiger partial charge in [-0.05, 0) is 36.6 Å². The lowest BCUT2D eigenvalue weighted by atomic mass is 9.84. The van der Waals surface area contributed by atoms with Gasteiger partial charge < -0.3 is 10.2 Å². The standard InChI is InChI=1S/C17H21NO2/c19-16(17(20)9-3-1-2-4-10-17)14-7-8-15-13(12-14)6-5-11-18-15/h5-8,11-12,16,19-20H,1-4,9-10H2. The van der Waals surface area contributed by atoms with E-state index in [9.17, 15) is 10.2 Å². The molecule has 0 saturated heterocycles. The molecule has 1 atom stereocenters. The summed E-state index contributed by atoms with van der Waals surface area (Å²) in [5.41, 5.74) is 0.720. The third-order valence-corrected chi connectivity index (χ3v) is 4.42. The molecule has 0 bridgehead atoms. The normalized spacial score (nSPS) is 20.5. The van der Waals surface area contributed by atoms with E-state index in [1.807, 2.05) is 30.3 Å². The average Bonchev–Trinajstić information content (AvgIpc) is 2.72. The van der Waals surface area contributed by atoms with E-state index >= 15 is 0 Å². The lowest BCUT2D eigenvalue weighted by Gasteiger charge is -2.32. The maximum Gasteiger partial charge on any atom is 0.108 e. The number of rotatable bonds is 2. The predicted octanol–water partition coefficient (Wildman–Crippen LogP) is 3.35. The summed E-state index contributed by atoms with van der Waals surface area (Å²) >= 11 is 0. The summed E-state index contributed by atoms with van der Waals surface area (Å²) in [6, 6.07) is 9.60. The van der Waals surface area contributed by atoms with Crippen LogP contribution >= 0.6 is 0 Å². The zero-order valence-corrected chi connectivity index (χ0v) is 11.6. The van der Waals surface area contributed by atoms with Crippen molar-refractivity contribution in [1.82, 2.24) is 4.98 Å². The Hall–Kier alpha value is -1.45. The van der Waals surface area contributed by atoms with E-state index in [1.165, 1.54) is 0 Å². The minimum absolute atomic E-state index is 0.680. The van der Waals surface area contributed by atoms with Gasteiger partial charge in [-0.1, -0.05) is 37.8 Å². The Labute approximate surface area is 119 Å². The summed E-state index contributed by atoms with van der Waals surface area (Å²) in [6.07, 6.45) is 6.58. The van der Waals surface area contributed by atoms with E-state index in [1.54, 1.807) is 6.20 Å². The third-order valence-electron chi connectivity index (χ3n) is 4.42. The van der Waals surface area contributed by atoms with Crippen molar-refractivity contribution in [1.29, 1.82) is 0 Å². The molecule has 0 amide bonds. The minimum atomic E-state index is -0.980. The monoisotopic (exact) mass is 271 g/mol. The van der Waals surface area contributed by atoms with Crippen molar-refractivity contribution < 1.29 is 10.2 Å². The highest BCUT2D eigenvalue weighted by Crippen LogP contribution is 2.37. The number of aliphatic hydroxyl groups excluding tert-OH is 1. The van der Waals surface area contributed by atoms with Crippen LogP contribution in [0.4, 0.5) is 0 Å². The van der Waals surface area contributed by atoms with Gasteiger partial charge in [-0.15, -0.1) is 0 Å². The van der Waals surface area contributed by atoms with Crippen LogP contribution in [-0.2, 0) is 0 Å². The number of hydrogen-bond donors (Lipinski definition) is 2. The molecule has 1 aromatic heterocycles. The zero-order valence-electron chi connectivity index (χ0n) is 11.6. The van der Waals surface area contributed by atoms with Crippen LogP contribution in [-0.4, -0.2) is 20.8 Å². The smallest absolute Gasteiger partial charge is 0.108 e. The Morgan fingerprint density at radius 3 is 2.55 bits per heavy atom. The van der Waals surface area contributed by atoms with Gasteiger partial charge in [-0.25, -0.2) is 0 Å². The van der Waals surface area contributed by atoms with Crippen LogP contribution in [0, 0.1) is 0 Å². The molecule has 0 radical (unpaired) electrons. The van der Waals surface area contributed by atoms with Crippen molar-refractivity contribution in [3.8, 4) is 0 Å². The number of benzene rings is 1. The molecule has 0 spiro atoms. The van der Waals surface area contributed by atoms with E-state index in [0.717, 1.165) is 42.1 Å². The second-order valence-electron chi connectivity index (χ2n) is 5.88. The first kappa shape index (κ1) is 13.5. The zero-order chi connectivity index (χ0) is 14.0. The fourth-order valence-corrected chi connectivity index (χ4v) is 3.19. The lowest BCUT2D eigenvalue weighted by molar-refractivity contribution is -0.0866. The Balaban J connectivity index is 1.92. The van der Waals surface area contributed by atoms with Gasteiger partial charge in [0.2, 0.25) is 0 Å². The molecule has 1 aliphatic rings. The fourth-order valence-electron chi connectivity index (χ4n) is 3.19. The van der Waals surface area contributed by atoms with Crippen molar-refractivity contribution in [3.63, 3.8) is 0 Å². The summed E-state index contributed by atoms with van der Waals surface area (Å²) in [5, 5.41) is 22.4. The molecule has 1 saturated carbocycles. The number of pyridine rings is 1. The summed E-state index contributed by atoms with van der Waals surface area (Å²) < 4.78 is 0. The second kappa shape index (κ2) is 5.51. The quantitative estimate of drug-likeness (QED) is 0.824. The van der Waals surface area contributed by atoms with Crippen LogP contribution in [0.25, 0.3) is 10.9 Å². The molecule has 1 unspecified atom stereocenters. The van der Waals surface area contributed by atoms with Gasteiger partial charge in [0.05, 0.1) is 11.1 Å². The van der Waals surface area contributed by atoms with E-state index in [-0.39, 0.29) is 0 Å². The molecule has 0 aliphatic heterocycles. The second-order valence-corrected chi connectivity index (χ2v) is 5.88. The molecule has 1 heterocycles. The number of nitrogens with zero attached hydrogens (tertiary/aromatic N) is 1. The van der Waals surface area contributed by atoms with E-state index in [2.05, 4.69) is 4.98 Å². The van der Waals surface area contributed by atoms with Gasteiger partial charge in [0.15, 0.2) is 0 Å². The average molecular weight is 271 g/mol. The summed E-state index contributed by atoms with van der Waals surface area (Å²) in [4.78, 5) is 4.28. The van der Waals surface area contributed by atoms with Gasteiger partial charge in [0.25, 0.3) is 0 Å². The van der Waals surface area contributed by atoms with Crippen LogP contribution in [0.1, 0.15) is 50.2 Å². The number of fused-ring (bicyclic) bond motifs is 1. The van der Waals surface area contributed by atoms with Crippen LogP contribution in [0.3, 0.4) is 0 Å². The van der Waals surface area contributed by atoms with E-state index in [4.69, 9.17) is 0 Å². The molecule has 3 heteroatoms. The number of hydrogen-bond acceptors (Lipinski definition) is 3. The van der Waals surface area contributed by atoms with Crippen molar-refractivity contribution in [2.75, 3.05) is 0 Å². The van der Waals surface area contributed by atoms with E-state index < -0.39 is 11.7 Å². The molecule has 3 nitrogen and oxygen atoms in total. The first-order valence-corrected chi connectivity index (χ1v) is 7.44. The molecule has 3 rings (SSSR count). The highest BCUT2D eigenvalue weighted by molar-refractivity contribution is 5.79. The Kier molecular flexibility index (Phi) is 3.72. The Morgan fingerprint density at radius 1 is 1.05 bits per heavy atom. The Bertz CT molecular complexity index is 588. The molecular weight excluding hydrogens is 250 g/mol. The van der Waals surface area contributed by atoms with Gasteiger partial charge in [0, 0.05) is 11.6 Å². The Morgan fingerprint density at radius 2 is 1.80 bits per heavy atom. The van der Waals surface area contributed by atoms with Crippen molar-refractivity contribution in [3.05, 3.63) is 42.1 Å². The third kappa shape index (κ3) is 2.56. The summed E-state index contributed by atoms with van der Waals surface area (Å²) in [6.45, 7) is 0. The molecule has 1 aromatic carbocycles. The van der Waals surface area contributed by atoms with Crippen molar-refractivity contribution in [2.45, 2.75) is 50.2 Å². The molecule has 1 fully saturated rings. The highest BCUT2D eigenvalue weighted by Gasteiger charge is 2.36. The fraction of sp³-hybridized carbons (Fsp3) is 0.471. The predicted molar refractivity (Wildman–Crippen MR) is 79.4 cm³/mol. The highest BCUT2D eigenvalue weighted by atomic mass is 16.3. The minimum Gasteiger partial charge on any atom is -0.387 e. The van der Waals surface area contributed by atoms with Crippen molar-refractivity contribution in [2.24, 2.45) is 0 Å². The first-order chi connectivity index (χ1) is 9.69. The maximum atomic E-state index is 10.8. The molecule has 1 aliphatic carbocycles. The largest absolute Gasteiger partial charge is 0.387 e. The van der Waals surface area contributed by atoms with E-state index in [0.29, 0.717) is 12.8 Å². The van der Waals surface area contributed by atoms with Gasteiger partial charge >= 0.3 is 0 Å². The maximum absolute atomic E-state index is 10.8. The van der Waals surface area contributed by atoms with Crippen LogP contribution in [0.15, 0.2) is 36.5 Å². The van der Waals surface area contributed by atoms with Crippen LogP contribution in [0.5, 0.6) is 0 Å². The van der Waals surface area contributed by atoms with Crippen LogP contribution in [0.2, 0.25) is 0 Å². The molecule has 2 N–H and O–H groups in total. The number of aromatic nitrogens is 1. The SMILES string of the molecule is OC(c1ccc2ncccc2c1)C1(O)CCCCCC1. The number of aliphatic hydroxyl groups is 2. The molecule has 20 heavy (non-hydrogen) atoms. The summed E-state index contributed by atoms with van der Waals surface area (Å²) in [5.74, 6) is 0. The first-order valence-electron chi connectivity index (χ1n) is 7.44. The molecule has 106 valence electrons. The molecule has 2 aromatic rings. The van der Waals surface area contributed by atoms with Gasteiger partial charge in [-0.3, -0.25) is 4.98 Å². The lowest BCUT2D eigenvalue weighted by Crippen LogP contribution is -2.35. The van der Waals surface area contributed by atoms with Gasteiger partial charge in [0.1, 0.15) is 6.10 Å². The molecular formula is C17H21NO2. The summed E-state index contributed by atoms with van der Waals surface area (Å²) in [7, 11) is 0. The van der Waals surface area contributed by atoms with Gasteiger partial charge in [-0.2, -0.15) is 0 Å². The van der Waals surface area contributed by atoms with Crippen molar-refractivity contribution >= 4 is 10.9 Å².